The zero-order valence-electron chi connectivity index (χ0n) is 8.81. The second-order valence-electron chi connectivity index (χ2n) is 2.93. The minimum Gasteiger partial charge on any atom is -0.464 e. The molecule has 17 heavy (non-hydrogen) atoms. The number of ether oxygens (including phenoxy) is 1. The molecule has 0 aromatic carbocycles. The summed E-state index contributed by atoms with van der Waals surface area (Å²) in [6.45, 7) is 1.26. The number of anilines is 1. The summed E-state index contributed by atoms with van der Waals surface area (Å²) in [6.07, 6.45) is 0. The molecule has 1 rings (SSSR count). The zero-order valence-corrected chi connectivity index (χ0v) is 11.1. The number of amides is 1. The molecule has 0 aliphatic heterocycles. The van der Waals surface area contributed by atoms with E-state index in [1.54, 1.807) is 0 Å². The van der Waals surface area contributed by atoms with Crippen molar-refractivity contribution < 1.29 is 14.3 Å². The fraction of sp³-hybridized carbons (Fsp3) is 0.222. The average Bonchev–Trinajstić information content (AvgIpc) is 2.28. The molecule has 1 amide bonds. The minimum absolute atomic E-state index is 0.0289. The van der Waals surface area contributed by atoms with Gasteiger partial charge in [0, 0.05) is 6.92 Å². The van der Waals surface area contributed by atoms with Crippen LogP contribution in [0, 0.1) is 0 Å². The fourth-order valence-electron chi connectivity index (χ4n) is 1.03. The Labute approximate surface area is 112 Å². The maximum atomic E-state index is 11.4. The van der Waals surface area contributed by atoms with Gasteiger partial charge in [0.2, 0.25) is 5.91 Å². The summed E-state index contributed by atoms with van der Waals surface area (Å²) in [5, 5.41) is 2.05. The minimum atomic E-state index is -0.778. The first kappa shape index (κ1) is 14.0. The van der Waals surface area contributed by atoms with Gasteiger partial charge in [0.1, 0.15) is 5.02 Å². The molecule has 0 fully saturated rings. The van der Waals surface area contributed by atoms with E-state index in [2.05, 4.69) is 15.0 Å². The van der Waals surface area contributed by atoms with Crippen molar-refractivity contribution in [1.82, 2.24) is 4.98 Å². The molecule has 1 heterocycles. The number of carbonyl (C=O) groups excluding carboxylic acids is 2. The van der Waals surface area contributed by atoms with E-state index in [9.17, 15) is 9.59 Å². The van der Waals surface area contributed by atoms with Crippen LogP contribution in [0.5, 0.6) is 0 Å². The van der Waals surface area contributed by atoms with Gasteiger partial charge in [-0.15, -0.1) is 0 Å². The predicted molar refractivity (Wildman–Crippen MR) is 64.9 cm³/mol. The lowest BCUT2D eigenvalue weighted by molar-refractivity contribution is -0.114. The quantitative estimate of drug-likeness (QED) is 0.673. The van der Waals surface area contributed by atoms with Gasteiger partial charge in [-0.3, -0.25) is 4.79 Å². The summed E-state index contributed by atoms with van der Waals surface area (Å²) in [4.78, 5) is 26.0. The molecule has 92 valence electrons. The third-order valence-corrected chi connectivity index (χ3v) is 2.82. The molecule has 0 bridgehead atoms. The van der Waals surface area contributed by atoms with E-state index in [1.165, 1.54) is 14.0 Å². The molecular weight excluding hydrogens is 290 g/mol. The van der Waals surface area contributed by atoms with E-state index < -0.39 is 11.9 Å². The number of hydrogen-bond acceptors (Lipinski definition) is 4. The Morgan fingerprint density at radius 3 is 2.29 bits per heavy atom. The van der Waals surface area contributed by atoms with Gasteiger partial charge in [-0.1, -0.05) is 34.8 Å². The third kappa shape index (κ3) is 3.00. The van der Waals surface area contributed by atoms with Gasteiger partial charge in [-0.05, 0) is 0 Å². The van der Waals surface area contributed by atoms with Crippen LogP contribution in [0.2, 0.25) is 15.2 Å². The number of nitrogens with zero attached hydrogens (tertiary/aromatic N) is 1. The van der Waals surface area contributed by atoms with Gasteiger partial charge in [0.15, 0.2) is 10.8 Å². The van der Waals surface area contributed by atoms with Crippen molar-refractivity contribution in [2.45, 2.75) is 6.92 Å². The zero-order chi connectivity index (χ0) is 13.2. The Balaban J connectivity index is 3.42. The lowest BCUT2D eigenvalue weighted by Gasteiger charge is -2.11. The number of halogens is 3. The normalized spacial score (nSPS) is 9.94. The van der Waals surface area contributed by atoms with Crippen molar-refractivity contribution in [3.05, 3.63) is 20.9 Å². The van der Waals surface area contributed by atoms with Crippen LogP contribution in [0.25, 0.3) is 0 Å². The van der Waals surface area contributed by atoms with Gasteiger partial charge in [-0.25, -0.2) is 9.78 Å². The summed E-state index contributed by atoms with van der Waals surface area (Å²) in [5.74, 6) is -1.19. The summed E-state index contributed by atoms with van der Waals surface area (Å²) >= 11 is 17.4. The molecule has 0 unspecified atom stereocenters. The molecule has 1 N–H and O–H groups in total. The molecule has 0 atom stereocenters. The predicted octanol–water partition coefficient (Wildman–Crippen LogP) is 2.79. The Morgan fingerprint density at radius 2 is 1.82 bits per heavy atom. The Hall–Kier alpha value is -1.04. The van der Waals surface area contributed by atoms with E-state index in [0.29, 0.717) is 0 Å². The molecule has 1 aromatic heterocycles. The number of esters is 1. The fourth-order valence-corrected chi connectivity index (χ4v) is 1.70. The van der Waals surface area contributed by atoms with E-state index in [0.717, 1.165) is 0 Å². The van der Waals surface area contributed by atoms with E-state index >= 15 is 0 Å². The highest BCUT2D eigenvalue weighted by Gasteiger charge is 2.22. The van der Waals surface area contributed by atoms with Crippen LogP contribution in [-0.4, -0.2) is 24.0 Å². The summed E-state index contributed by atoms with van der Waals surface area (Å²) in [6, 6.07) is 0. The smallest absolute Gasteiger partial charge is 0.358 e. The standard InChI is InChI=1S/C9H7Cl3N2O3/c1-3(15)13-6-4(10)7(9(16)17-2)14-8(12)5(6)11/h1-2H3,(H,13,14,15). The number of nitrogens with one attached hydrogen (secondary N) is 1. The van der Waals surface area contributed by atoms with Crippen molar-refractivity contribution in [2.75, 3.05) is 12.4 Å². The van der Waals surface area contributed by atoms with Crippen molar-refractivity contribution in [3.63, 3.8) is 0 Å². The van der Waals surface area contributed by atoms with Crippen LogP contribution >= 0.6 is 34.8 Å². The molecule has 5 nitrogen and oxygen atoms in total. The maximum absolute atomic E-state index is 11.4. The molecule has 0 aliphatic carbocycles. The van der Waals surface area contributed by atoms with E-state index in [-0.39, 0.29) is 26.6 Å². The van der Waals surface area contributed by atoms with Gasteiger partial charge < -0.3 is 10.1 Å². The first-order valence-corrected chi connectivity index (χ1v) is 5.42. The van der Waals surface area contributed by atoms with Crippen LogP contribution < -0.4 is 5.32 Å². The van der Waals surface area contributed by atoms with Gasteiger partial charge in [0.05, 0.1) is 17.8 Å². The van der Waals surface area contributed by atoms with Gasteiger partial charge in [0.25, 0.3) is 0 Å². The summed E-state index contributed by atoms with van der Waals surface area (Å²) in [5.41, 5.74) is -0.187. The van der Waals surface area contributed by atoms with Gasteiger partial charge in [-0.2, -0.15) is 0 Å². The second kappa shape index (κ2) is 5.53. The average molecular weight is 298 g/mol. The Bertz CT molecular complexity index is 491. The largest absolute Gasteiger partial charge is 0.464 e. The topological polar surface area (TPSA) is 68.3 Å². The summed E-state index contributed by atoms with van der Waals surface area (Å²) in [7, 11) is 1.17. The number of carbonyl (C=O) groups is 2. The first-order valence-electron chi connectivity index (χ1n) is 4.28. The number of aromatic nitrogens is 1. The van der Waals surface area contributed by atoms with Crippen LogP contribution in [0.3, 0.4) is 0 Å². The van der Waals surface area contributed by atoms with E-state index in [4.69, 9.17) is 34.8 Å². The molecule has 8 heteroatoms. The van der Waals surface area contributed by atoms with Crippen LogP contribution in [0.1, 0.15) is 17.4 Å². The molecule has 0 saturated heterocycles. The molecular formula is C9H7Cl3N2O3. The Morgan fingerprint density at radius 1 is 1.24 bits per heavy atom. The van der Waals surface area contributed by atoms with Crippen LogP contribution in [0.15, 0.2) is 0 Å². The molecule has 1 aromatic rings. The van der Waals surface area contributed by atoms with Crippen LogP contribution in [-0.2, 0) is 9.53 Å². The Kier molecular flexibility index (Phi) is 4.56. The number of methoxy groups -OCH3 is 1. The highest BCUT2D eigenvalue weighted by Crippen LogP contribution is 2.36. The molecule has 0 spiro atoms. The van der Waals surface area contributed by atoms with Crippen molar-refractivity contribution in [2.24, 2.45) is 0 Å². The van der Waals surface area contributed by atoms with Crippen LogP contribution in [0.4, 0.5) is 5.69 Å². The monoisotopic (exact) mass is 296 g/mol. The second-order valence-corrected chi connectivity index (χ2v) is 4.04. The maximum Gasteiger partial charge on any atom is 0.358 e. The third-order valence-electron chi connectivity index (χ3n) is 1.72. The first-order chi connectivity index (χ1) is 7.88. The highest BCUT2D eigenvalue weighted by atomic mass is 35.5. The lowest BCUT2D eigenvalue weighted by atomic mass is 10.3. The molecule has 0 aliphatic rings. The SMILES string of the molecule is COC(=O)c1nc(Cl)c(Cl)c(NC(C)=O)c1Cl. The molecule has 0 radical (unpaired) electrons. The summed E-state index contributed by atoms with van der Waals surface area (Å²) < 4.78 is 4.47. The number of pyridine rings is 1. The van der Waals surface area contributed by atoms with Gasteiger partial charge >= 0.3 is 5.97 Å². The van der Waals surface area contributed by atoms with Crippen molar-refractivity contribution in [3.8, 4) is 0 Å². The highest BCUT2D eigenvalue weighted by molar-refractivity contribution is 6.46. The van der Waals surface area contributed by atoms with E-state index in [1.807, 2.05) is 0 Å². The van der Waals surface area contributed by atoms with Crippen molar-refractivity contribution in [1.29, 1.82) is 0 Å². The molecule has 0 saturated carbocycles. The number of rotatable bonds is 2. The lowest BCUT2D eigenvalue weighted by Crippen LogP contribution is -2.12. The van der Waals surface area contributed by atoms with Crippen molar-refractivity contribution >= 4 is 52.4 Å². The number of hydrogen-bond donors (Lipinski definition) is 1.